The van der Waals surface area contributed by atoms with Crippen LogP contribution in [0.4, 0.5) is 0 Å². The fraction of sp³-hybridized carbons (Fsp3) is 0.877. The van der Waals surface area contributed by atoms with Gasteiger partial charge in [-0.2, -0.15) is 0 Å². The van der Waals surface area contributed by atoms with E-state index in [1.807, 2.05) is 0 Å². The molecule has 9 nitrogen and oxygen atoms in total. The summed E-state index contributed by atoms with van der Waals surface area (Å²) in [6.07, 6.45) is 99.7. The molecule has 0 saturated carbocycles. The van der Waals surface area contributed by atoms with E-state index in [0.29, 0.717) is 6.42 Å². The highest BCUT2D eigenvalue weighted by molar-refractivity contribution is 7.47. The van der Waals surface area contributed by atoms with E-state index < -0.39 is 26.5 Å². The highest BCUT2D eigenvalue weighted by Gasteiger charge is 2.26. The largest absolute Gasteiger partial charge is 0.472 e. The van der Waals surface area contributed by atoms with Crippen molar-refractivity contribution in [2.75, 3.05) is 26.4 Å². The summed E-state index contributed by atoms with van der Waals surface area (Å²) in [7, 11) is -4.39. The SMILES string of the molecule is CCCCCCC/C=C\C/C=C\CCCCCCCCCCCCCCCCCCCCCCCCCCCCCC(=O)OC(COC(=O)CCCCCCCCCCCCCCCCCCCCC/C=C\C/C=C\CCCCCCC)COP(=O)(O)OCCN. The van der Waals surface area contributed by atoms with Crippen LogP contribution in [0, 0.1) is 0 Å². The summed E-state index contributed by atoms with van der Waals surface area (Å²) in [4.78, 5) is 35.5. The Morgan fingerprint density at radius 2 is 0.571 bits per heavy atom. The van der Waals surface area contributed by atoms with Crippen LogP contribution < -0.4 is 5.73 Å². The molecule has 0 amide bonds. The molecule has 0 radical (unpaired) electrons. The van der Waals surface area contributed by atoms with Crippen molar-refractivity contribution in [3.8, 4) is 0 Å². The number of rotatable bonds is 77. The molecule has 0 aromatic heterocycles. The molecule has 536 valence electrons. The summed E-state index contributed by atoms with van der Waals surface area (Å²) in [5, 5.41) is 0. The Hall–Kier alpha value is -2.03. The zero-order valence-corrected chi connectivity index (χ0v) is 61.5. The number of carbonyl (C=O) groups is 2. The molecule has 0 spiro atoms. The van der Waals surface area contributed by atoms with Crippen molar-refractivity contribution in [3.63, 3.8) is 0 Å². The van der Waals surface area contributed by atoms with Crippen molar-refractivity contribution >= 4 is 19.8 Å². The molecule has 0 fully saturated rings. The van der Waals surface area contributed by atoms with Gasteiger partial charge in [-0.3, -0.25) is 18.6 Å². The van der Waals surface area contributed by atoms with Gasteiger partial charge in [0, 0.05) is 19.4 Å². The third-order valence-electron chi connectivity index (χ3n) is 18.2. The molecule has 0 aromatic rings. The summed E-state index contributed by atoms with van der Waals surface area (Å²) in [5.74, 6) is -0.802. The van der Waals surface area contributed by atoms with Gasteiger partial charge >= 0.3 is 19.8 Å². The number of ether oxygens (including phenoxy) is 2. The molecular weight excluding hydrogens is 1150 g/mol. The molecule has 0 saturated heterocycles. The Kier molecular flexibility index (Phi) is 75.3. The van der Waals surface area contributed by atoms with E-state index in [4.69, 9.17) is 24.3 Å². The average Bonchev–Trinajstić information content (AvgIpc) is 3.71. The number of hydrogen-bond donors (Lipinski definition) is 2. The Balaban J connectivity index is 3.75. The summed E-state index contributed by atoms with van der Waals surface area (Å²) >= 11 is 0. The van der Waals surface area contributed by atoms with Crippen molar-refractivity contribution in [2.45, 2.75) is 431 Å². The van der Waals surface area contributed by atoms with Gasteiger partial charge < -0.3 is 20.1 Å². The first-order valence-electron chi connectivity index (χ1n) is 40.1. The van der Waals surface area contributed by atoms with Crippen molar-refractivity contribution in [2.24, 2.45) is 5.73 Å². The minimum Gasteiger partial charge on any atom is -0.462 e. The van der Waals surface area contributed by atoms with Crippen molar-refractivity contribution in [1.82, 2.24) is 0 Å². The van der Waals surface area contributed by atoms with Gasteiger partial charge in [-0.1, -0.05) is 383 Å². The van der Waals surface area contributed by atoms with Crippen LogP contribution in [0.1, 0.15) is 425 Å². The molecule has 0 aliphatic heterocycles. The van der Waals surface area contributed by atoms with E-state index in [0.717, 1.165) is 44.9 Å². The van der Waals surface area contributed by atoms with Gasteiger partial charge in [-0.25, -0.2) is 4.57 Å². The highest BCUT2D eigenvalue weighted by atomic mass is 31.2. The predicted molar refractivity (Wildman–Crippen MR) is 395 cm³/mol. The number of nitrogens with two attached hydrogens (primary N) is 1. The van der Waals surface area contributed by atoms with Crippen LogP contribution in [-0.4, -0.2) is 49.3 Å². The van der Waals surface area contributed by atoms with Crippen molar-refractivity contribution < 1.29 is 37.6 Å². The van der Waals surface area contributed by atoms with Crippen molar-refractivity contribution in [1.29, 1.82) is 0 Å². The van der Waals surface area contributed by atoms with E-state index in [2.05, 4.69) is 62.5 Å². The minimum atomic E-state index is -4.39. The lowest BCUT2D eigenvalue weighted by molar-refractivity contribution is -0.161. The summed E-state index contributed by atoms with van der Waals surface area (Å²) < 4.78 is 33.3. The average molecular weight is 1300 g/mol. The lowest BCUT2D eigenvalue weighted by Gasteiger charge is -2.19. The first kappa shape index (κ1) is 89.0. The van der Waals surface area contributed by atoms with Crippen LogP contribution in [-0.2, 0) is 32.7 Å². The normalized spacial score (nSPS) is 13.1. The molecular formula is C81H154NO8P. The van der Waals surface area contributed by atoms with Gasteiger partial charge in [-0.15, -0.1) is 0 Å². The maximum Gasteiger partial charge on any atom is 0.472 e. The second-order valence-electron chi connectivity index (χ2n) is 27.3. The maximum atomic E-state index is 12.8. The summed E-state index contributed by atoms with van der Waals surface area (Å²) in [6, 6.07) is 0. The number of phosphoric acid groups is 1. The molecule has 0 aliphatic carbocycles. The maximum absolute atomic E-state index is 12.8. The fourth-order valence-corrected chi connectivity index (χ4v) is 13.0. The Morgan fingerprint density at radius 1 is 0.330 bits per heavy atom. The molecule has 2 atom stereocenters. The fourth-order valence-electron chi connectivity index (χ4n) is 12.2. The molecule has 0 rings (SSSR count). The Labute approximate surface area is 566 Å². The second-order valence-corrected chi connectivity index (χ2v) is 28.7. The van der Waals surface area contributed by atoms with Crippen LogP contribution >= 0.6 is 7.82 Å². The highest BCUT2D eigenvalue weighted by Crippen LogP contribution is 2.43. The number of unbranched alkanes of at least 4 members (excludes halogenated alkanes) is 56. The lowest BCUT2D eigenvalue weighted by atomic mass is 10.0. The minimum absolute atomic E-state index is 0.0561. The number of phosphoric ester groups is 1. The smallest absolute Gasteiger partial charge is 0.462 e. The van der Waals surface area contributed by atoms with Crippen LogP contribution in [0.3, 0.4) is 0 Å². The molecule has 0 bridgehead atoms. The molecule has 10 heteroatoms. The van der Waals surface area contributed by atoms with Gasteiger partial charge in [-0.05, 0) is 77.0 Å². The molecule has 91 heavy (non-hydrogen) atoms. The van der Waals surface area contributed by atoms with Crippen LogP contribution in [0.5, 0.6) is 0 Å². The van der Waals surface area contributed by atoms with E-state index in [1.165, 1.54) is 347 Å². The van der Waals surface area contributed by atoms with Gasteiger partial charge in [0.15, 0.2) is 6.10 Å². The lowest BCUT2D eigenvalue weighted by Crippen LogP contribution is -2.29. The standard InChI is InChI=1S/C81H154NO8P/c1-3-5-7-9-11-13-15-17-19-21-23-25-27-29-31-33-35-36-37-38-39-40-41-42-44-46-48-50-52-54-56-58-60-62-64-66-68-70-72-74-81(84)90-79(78-89-91(85,86)88-76-75-82)77-87-80(83)73-71-69-67-65-63-61-59-57-55-53-51-49-47-45-43-34-32-30-28-26-24-22-20-18-16-14-12-10-8-6-4-2/h15-18,21-24,79H,3-14,19-20,25-78,82H2,1-2H3,(H,85,86)/b17-15-,18-16-,23-21-,24-22-. The third-order valence-corrected chi connectivity index (χ3v) is 19.2. The van der Waals surface area contributed by atoms with Gasteiger partial charge in [0.05, 0.1) is 13.2 Å². The van der Waals surface area contributed by atoms with Crippen LogP contribution in [0.25, 0.3) is 0 Å². The Morgan fingerprint density at radius 3 is 0.835 bits per heavy atom. The third kappa shape index (κ3) is 76.9. The van der Waals surface area contributed by atoms with E-state index in [1.54, 1.807) is 0 Å². The molecule has 0 aromatic carbocycles. The first-order valence-corrected chi connectivity index (χ1v) is 41.6. The second kappa shape index (κ2) is 77.0. The zero-order chi connectivity index (χ0) is 65.8. The number of carbonyl (C=O) groups excluding carboxylic acids is 2. The topological polar surface area (TPSA) is 134 Å². The van der Waals surface area contributed by atoms with Gasteiger partial charge in [0.2, 0.25) is 0 Å². The van der Waals surface area contributed by atoms with Gasteiger partial charge in [0.1, 0.15) is 6.61 Å². The van der Waals surface area contributed by atoms with Crippen LogP contribution in [0.15, 0.2) is 48.6 Å². The number of esters is 2. The molecule has 2 unspecified atom stereocenters. The van der Waals surface area contributed by atoms with E-state index in [9.17, 15) is 19.0 Å². The molecule has 0 aliphatic rings. The van der Waals surface area contributed by atoms with E-state index in [-0.39, 0.29) is 38.6 Å². The van der Waals surface area contributed by atoms with Gasteiger partial charge in [0.25, 0.3) is 0 Å². The predicted octanol–water partition coefficient (Wildman–Crippen LogP) is 26.8. The number of hydrogen-bond acceptors (Lipinski definition) is 8. The van der Waals surface area contributed by atoms with Crippen LogP contribution in [0.2, 0.25) is 0 Å². The zero-order valence-electron chi connectivity index (χ0n) is 60.6. The number of allylic oxidation sites excluding steroid dienone is 8. The summed E-state index contributed by atoms with van der Waals surface area (Å²) in [5.41, 5.74) is 5.42. The Bertz CT molecular complexity index is 1630. The molecule has 3 N–H and O–H groups in total. The van der Waals surface area contributed by atoms with Crippen molar-refractivity contribution in [3.05, 3.63) is 48.6 Å². The summed E-state index contributed by atoms with van der Waals surface area (Å²) in [6.45, 7) is 3.80. The molecule has 0 heterocycles. The first-order chi connectivity index (χ1) is 44.8. The van der Waals surface area contributed by atoms with E-state index >= 15 is 0 Å². The quantitative estimate of drug-likeness (QED) is 0.0264. The monoisotopic (exact) mass is 1300 g/mol.